The van der Waals surface area contributed by atoms with Gasteiger partial charge in [0.1, 0.15) is 5.76 Å². The Balaban J connectivity index is 2.53. The lowest BCUT2D eigenvalue weighted by Crippen LogP contribution is -1.87. The maximum Gasteiger partial charge on any atom is 0.134 e. The molecule has 0 bridgehead atoms. The van der Waals surface area contributed by atoms with E-state index in [9.17, 15) is 0 Å². The standard InChI is InChI=1S/C12H11IO/c1-2-9-8-10(13)5-6-11(9)12-4-3-7-14-12/h3-8H,2H2,1H3. The average molecular weight is 298 g/mol. The van der Waals surface area contributed by atoms with Crippen molar-refractivity contribution in [1.82, 2.24) is 0 Å². The first-order valence-electron chi connectivity index (χ1n) is 4.63. The molecule has 0 radical (unpaired) electrons. The highest BCUT2D eigenvalue weighted by atomic mass is 127. The lowest BCUT2D eigenvalue weighted by Gasteiger charge is -2.05. The van der Waals surface area contributed by atoms with Gasteiger partial charge >= 0.3 is 0 Å². The van der Waals surface area contributed by atoms with E-state index < -0.39 is 0 Å². The van der Waals surface area contributed by atoms with E-state index in [-0.39, 0.29) is 0 Å². The van der Waals surface area contributed by atoms with Crippen LogP contribution in [0.3, 0.4) is 0 Å². The molecule has 0 aliphatic heterocycles. The van der Waals surface area contributed by atoms with E-state index in [1.807, 2.05) is 12.1 Å². The van der Waals surface area contributed by atoms with Crippen LogP contribution in [0.25, 0.3) is 11.3 Å². The zero-order valence-electron chi connectivity index (χ0n) is 7.96. The van der Waals surface area contributed by atoms with Crippen molar-refractivity contribution in [2.24, 2.45) is 0 Å². The predicted octanol–water partition coefficient (Wildman–Crippen LogP) is 4.11. The molecule has 0 aliphatic rings. The third-order valence-corrected chi connectivity index (χ3v) is 2.91. The molecular weight excluding hydrogens is 287 g/mol. The monoisotopic (exact) mass is 298 g/mol. The second-order valence-electron chi connectivity index (χ2n) is 3.13. The van der Waals surface area contributed by atoms with Crippen molar-refractivity contribution in [2.45, 2.75) is 13.3 Å². The summed E-state index contributed by atoms with van der Waals surface area (Å²) in [6.45, 7) is 2.16. The average Bonchev–Trinajstić information content (AvgIpc) is 2.70. The Kier molecular flexibility index (Phi) is 2.91. The normalized spacial score (nSPS) is 10.4. The topological polar surface area (TPSA) is 13.1 Å². The van der Waals surface area contributed by atoms with Crippen LogP contribution in [0.15, 0.2) is 41.0 Å². The Bertz CT molecular complexity index is 418. The predicted molar refractivity (Wildman–Crippen MR) is 66.2 cm³/mol. The van der Waals surface area contributed by atoms with Crippen LogP contribution in [-0.4, -0.2) is 0 Å². The molecule has 1 aromatic heterocycles. The molecule has 0 saturated heterocycles. The molecular formula is C12H11IO. The number of rotatable bonds is 2. The fourth-order valence-corrected chi connectivity index (χ4v) is 2.08. The fourth-order valence-electron chi connectivity index (χ4n) is 1.53. The first-order valence-corrected chi connectivity index (χ1v) is 5.71. The summed E-state index contributed by atoms with van der Waals surface area (Å²) < 4.78 is 6.67. The summed E-state index contributed by atoms with van der Waals surface area (Å²) >= 11 is 2.33. The Labute approximate surface area is 97.3 Å². The summed E-state index contributed by atoms with van der Waals surface area (Å²) in [5, 5.41) is 0. The largest absolute Gasteiger partial charge is 0.464 e. The lowest BCUT2D eigenvalue weighted by atomic mass is 10.0. The number of hydrogen-bond donors (Lipinski definition) is 0. The zero-order chi connectivity index (χ0) is 9.97. The first-order chi connectivity index (χ1) is 6.81. The lowest BCUT2D eigenvalue weighted by molar-refractivity contribution is 0.581. The number of hydrogen-bond acceptors (Lipinski definition) is 1. The highest BCUT2D eigenvalue weighted by molar-refractivity contribution is 14.1. The van der Waals surface area contributed by atoms with Crippen molar-refractivity contribution in [3.8, 4) is 11.3 Å². The Morgan fingerprint density at radius 3 is 2.79 bits per heavy atom. The van der Waals surface area contributed by atoms with Crippen LogP contribution < -0.4 is 0 Å². The molecule has 2 aromatic rings. The van der Waals surface area contributed by atoms with E-state index in [0.29, 0.717) is 0 Å². The third kappa shape index (κ3) is 1.85. The number of aryl methyl sites for hydroxylation is 1. The zero-order valence-corrected chi connectivity index (χ0v) is 10.1. The molecule has 1 nitrogen and oxygen atoms in total. The van der Waals surface area contributed by atoms with Gasteiger partial charge in [0, 0.05) is 9.13 Å². The van der Waals surface area contributed by atoms with Crippen LogP contribution in [0.5, 0.6) is 0 Å². The minimum absolute atomic E-state index is 0.957. The van der Waals surface area contributed by atoms with E-state index in [1.54, 1.807) is 6.26 Å². The molecule has 0 saturated carbocycles. The minimum atomic E-state index is 0.957. The summed E-state index contributed by atoms with van der Waals surface area (Å²) in [5.41, 5.74) is 2.55. The van der Waals surface area contributed by atoms with Crippen molar-refractivity contribution in [2.75, 3.05) is 0 Å². The van der Waals surface area contributed by atoms with Crippen molar-refractivity contribution in [3.63, 3.8) is 0 Å². The van der Waals surface area contributed by atoms with Gasteiger partial charge in [0.05, 0.1) is 6.26 Å². The molecule has 2 heteroatoms. The van der Waals surface area contributed by atoms with Gasteiger partial charge in [-0.1, -0.05) is 6.92 Å². The van der Waals surface area contributed by atoms with E-state index in [2.05, 4.69) is 47.7 Å². The maximum absolute atomic E-state index is 5.40. The Morgan fingerprint density at radius 2 is 2.14 bits per heavy atom. The first kappa shape index (κ1) is 9.77. The second-order valence-corrected chi connectivity index (χ2v) is 4.38. The minimum Gasteiger partial charge on any atom is -0.464 e. The highest BCUT2D eigenvalue weighted by Crippen LogP contribution is 2.26. The van der Waals surface area contributed by atoms with Gasteiger partial charge in [-0.05, 0) is 64.9 Å². The smallest absolute Gasteiger partial charge is 0.134 e. The van der Waals surface area contributed by atoms with Crippen LogP contribution in [0.2, 0.25) is 0 Å². The molecule has 2 rings (SSSR count). The summed E-state index contributed by atoms with van der Waals surface area (Å²) in [6, 6.07) is 10.4. The van der Waals surface area contributed by atoms with E-state index in [1.165, 1.54) is 14.7 Å². The highest BCUT2D eigenvalue weighted by Gasteiger charge is 2.05. The van der Waals surface area contributed by atoms with Gasteiger partial charge < -0.3 is 4.42 Å². The van der Waals surface area contributed by atoms with Gasteiger partial charge in [0.25, 0.3) is 0 Å². The summed E-state index contributed by atoms with van der Waals surface area (Å²) in [5.74, 6) is 0.957. The van der Waals surface area contributed by atoms with Crippen LogP contribution in [0, 0.1) is 3.57 Å². The molecule has 0 atom stereocenters. The van der Waals surface area contributed by atoms with Gasteiger partial charge in [-0.2, -0.15) is 0 Å². The SMILES string of the molecule is CCc1cc(I)ccc1-c1ccco1. The Morgan fingerprint density at radius 1 is 1.29 bits per heavy atom. The van der Waals surface area contributed by atoms with Gasteiger partial charge in [-0.15, -0.1) is 0 Å². The van der Waals surface area contributed by atoms with Crippen molar-refractivity contribution < 1.29 is 4.42 Å². The molecule has 0 spiro atoms. The summed E-state index contributed by atoms with van der Waals surface area (Å²) in [6.07, 6.45) is 2.75. The van der Waals surface area contributed by atoms with Gasteiger partial charge in [0.2, 0.25) is 0 Å². The van der Waals surface area contributed by atoms with Crippen LogP contribution in [0.4, 0.5) is 0 Å². The number of halogens is 1. The van der Waals surface area contributed by atoms with Crippen molar-refractivity contribution >= 4 is 22.6 Å². The molecule has 0 unspecified atom stereocenters. The molecule has 0 fully saturated rings. The summed E-state index contributed by atoms with van der Waals surface area (Å²) in [4.78, 5) is 0. The molecule has 0 N–H and O–H groups in total. The van der Waals surface area contributed by atoms with E-state index >= 15 is 0 Å². The molecule has 14 heavy (non-hydrogen) atoms. The quantitative estimate of drug-likeness (QED) is 0.760. The maximum atomic E-state index is 5.40. The molecule has 72 valence electrons. The van der Waals surface area contributed by atoms with Crippen LogP contribution >= 0.6 is 22.6 Å². The third-order valence-electron chi connectivity index (χ3n) is 2.23. The second kappa shape index (κ2) is 4.17. The van der Waals surface area contributed by atoms with Gasteiger partial charge in [0.15, 0.2) is 0 Å². The van der Waals surface area contributed by atoms with Gasteiger partial charge in [-0.25, -0.2) is 0 Å². The number of benzene rings is 1. The van der Waals surface area contributed by atoms with Crippen LogP contribution in [0.1, 0.15) is 12.5 Å². The van der Waals surface area contributed by atoms with Crippen LogP contribution in [-0.2, 0) is 6.42 Å². The number of furan rings is 1. The van der Waals surface area contributed by atoms with Crippen molar-refractivity contribution in [1.29, 1.82) is 0 Å². The van der Waals surface area contributed by atoms with E-state index in [0.717, 1.165) is 12.2 Å². The van der Waals surface area contributed by atoms with Gasteiger partial charge in [-0.3, -0.25) is 0 Å². The molecule has 0 amide bonds. The molecule has 1 heterocycles. The molecule has 0 aliphatic carbocycles. The molecule has 1 aromatic carbocycles. The fraction of sp³-hybridized carbons (Fsp3) is 0.167. The summed E-state index contributed by atoms with van der Waals surface area (Å²) in [7, 11) is 0. The van der Waals surface area contributed by atoms with E-state index in [4.69, 9.17) is 4.42 Å². The van der Waals surface area contributed by atoms with Crippen molar-refractivity contribution in [3.05, 3.63) is 45.7 Å². The Hall–Kier alpha value is -0.770.